The van der Waals surface area contributed by atoms with E-state index < -0.39 is 0 Å². The van der Waals surface area contributed by atoms with Gasteiger partial charge in [0.05, 0.1) is 0 Å². The summed E-state index contributed by atoms with van der Waals surface area (Å²) in [5.41, 5.74) is 8.09. The third-order valence-electron chi connectivity index (χ3n) is 2.67. The number of nitrogens with two attached hydrogens (primary N) is 1. The first-order valence-electron chi connectivity index (χ1n) is 5.85. The molecule has 0 radical (unpaired) electrons. The summed E-state index contributed by atoms with van der Waals surface area (Å²) in [4.78, 5) is 4.37. The van der Waals surface area contributed by atoms with E-state index >= 15 is 0 Å². The summed E-state index contributed by atoms with van der Waals surface area (Å²) in [5.74, 6) is 0.588. The lowest BCUT2D eigenvalue weighted by Gasteiger charge is -2.01. The minimum atomic E-state index is 0.588. The van der Waals surface area contributed by atoms with Crippen molar-refractivity contribution >= 4 is 17.4 Å². The molecule has 0 bridgehead atoms. The predicted octanol–water partition coefficient (Wildman–Crippen LogP) is 3.29. The first kappa shape index (κ1) is 12.7. The molecule has 0 amide bonds. The Labute approximate surface area is 112 Å². The second-order valence-electron chi connectivity index (χ2n) is 4.01. The second-order valence-corrected chi connectivity index (χ2v) is 4.45. The van der Waals surface area contributed by atoms with Crippen molar-refractivity contribution in [2.45, 2.75) is 6.42 Å². The van der Waals surface area contributed by atoms with Gasteiger partial charge in [-0.25, -0.2) is 0 Å². The fourth-order valence-corrected chi connectivity index (χ4v) is 1.78. The van der Waals surface area contributed by atoms with Crippen LogP contribution in [-0.2, 0) is 6.42 Å². The van der Waals surface area contributed by atoms with Crippen LogP contribution in [0.4, 0.5) is 0 Å². The molecule has 18 heavy (non-hydrogen) atoms. The highest BCUT2D eigenvalue weighted by Crippen LogP contribution is 2.10. The summed E-state index contributed by atoms with van der Waals surface area (Å²) in [6, 6.07) is 17.6. The molecule has 2 rings (SSSR count). The van der Waals surface area contributed by atoms with Gasteiger partial charge in [-0.05, 0) is 24.1 Å². The number of aliphatic imine (C=N–C) groups is 1. The predicted molar refractivity (Wildman–Crippen MR) is 77.2 cm³/mol. The van der Waals surface area contributed by atoms with Gasteiger partial charge in [-0.15, -0.1) is 0 Å². The van der Waals surface area contributed by atoms with Crippen LogP contribution in [0, 0.1) is 0 Å². The third kappa shape index (κ3) is 3.60. The number of amidine groups is 1. The quantitative estimate of drug-likeness (QED) is 0.663. The van der Waals surface area contributed by atoms with Crippen molar-refractivity contribution in [3.05, 3.63) is 70.7 Å². The zero-order valence-electron chi connectivity index (χ0n) is 10.0. The maximum atomic E-state index is 5.91. The van der Waals surface area contributed by atoms with Gasteiger partial charge in [0.15, 0.2) is 0 Å². The molecule has 0 atom stereocenters. The van der Waals surface area contributed by atoms with Gasteiger partial charge in [0, 0.05) is 17.1 Å². The molecular weight excluding hydrogens is 244 g/mol. The van der Waals surface area contributed by atoms with Crippen molar-refractivity contribution in [1.82, 2.24) is 0 Å². The van der Waals surface area contributed by atoms with E-state index in [0.717, 1.165) is 17.0 Å². The van der Waals surface area contributed by atoms with Gasteiger partial charge in [-0.3, -0.25) is 4.99 Å². The molecule has 2 aromatic carbocycles. The Morgan fingerprint density at radius 1 is 1.00 bits per heavy atom. The number of hydrogen-bond donors (Lipinski definition) is 1. The van der Waals surface area contributed by atoms with Gasteiger partial charge in [0.25, 0.3) is 0 Å². The van der Waals surface area contributed by atoms with Crippen molar-refractivity contribution in [3.63, 3.8) is 0 Å². The number of benzene rings is 2. The molecule has 2 nitrogen and oxygen atoms in total. The largest absolute Gasteiger partial charge is 0.384 e. The van der Waals surface area contributed by atoms with Crippen molar-refractivity contribution in [1.29, 1.82) is 0 Å². The van der Waals surface area contributed by atoms with Crippen LogP contribution in [0.1, 0.15) is 11.1 Å². The molecule has 0 aliphatic rings. The van der Waals surface area contributed by atoms with Crippen LogP contribution in [0.5, 0.6) is 0 Å². The summed E-state index contributed by atoms with van der Waals surface area (Å²) in [6.45, 7) is 0.683. The molecule has 0 aromatic heterocycles. The van der Waals surface area contributed by atoms with Crippen molar-refractivity contribution in [2.24, 2.45) is 10.7 Å². The van der Waals surface area contributed by atoms with Gasteiger partial charge in [0.1, 0.15) is 5.84 Å². The minimum absolute atomic E-state index is 0.588. The van der Waals surface area contributed by atoms with Crippen molar-refractivity contribution in [2.75, 3.05) is 6.54 Å². The maximum Gasteiger partial charge on any atom is 0.125 e. The Kier molecular flexibility index (Phi) is 4.37. The molecule has 92 valence electrons. The summed E-state index contributed by atoms with van der Waals surface area (Å²) in [6.07, 6.45) is 0.866. The maximum absolute atomic E-state index is 5.91. The SMILES string of the molecule is NC(=NCCc1ccc(Cl)cc1)c1ccccc1. The van der Waals surface area contributed by atoms with Crippen LogP contribution in [0.2, 0.25) is 5.02 Å². The lowest BCUT2D eigenvalue weighted by molar-refractivity contribution is 0.966. The summed E-state index contributed by atoms with van der Waals surface area (Å²) in [5, 5.41) is 0.756. The standard InChI is InChI=1S/C15H15ClN2/c16-14-8-6-12(7-9-14)10-11-18-15(17)13-4-2-1-3-5-13/h1-9H,10-11H2,(H2,17,18). The van der Waals surface area contributed by atoms with Crippen LogP contribution in [0.15, 0.2) is 59.6 Å². The zero-order valence-corrected chi connectivity index (χ0v) is 10.8. The van der Waals surface area contributed by atoms with Gasteiger partial charge >= 0.3 is 0 Å². The average molecular weight is 259 g/mol. The van der Waals surface area contributed by atoms with Crippen molar-refractivity contribution < 1.29 is 0 Å². The van der Waals surface area contributed by atoms with Crippen molar-refractivity contribution in [3.8, 4) is 0 Å². The normalized spacial score (nSPS) is 11.5. The number of halogens is 1. The molecule has 0 aliphatic heterocycles. The van der Waals surface area contributed by atoms with Gasteiger partial charge in [-0.1, -0.05) is 54.1 Å². The molecular formula is C15H15ClN2. The fraction of sp³-hybridized carbons (Fsp3) is 0.133. The number of hydrogen-bond acceptors (Lipinski definition) is 1. The Morgan fingerprint density at radius 2 is 1.67 bits per heavy atom. The number of nitrogens with zero attached hydrogens (tertiary/aromatic N) is 1. The molecule has 2 N–H and O–H groups in total. The summed E-state index contributed by atoms with van der Waals surface area (Å²) < 4.78 is 0. The molecule has 0 aliphatic carbocycles. The lowest BCUT2D eigenvalue weighted by Crippen LogP contribution is -2.14. The van der Waals surface area contributed by atoms with Crippen LogP contribution >= 0.6 is 11.6 Å². The molecule has 0 unspecified atom stereocenters. The smallest absolute Gasteiger partial charge is 0.125 e. The van der Waals surface area contributed by atoms with Crippen LogP contribution in [0.25, 0.3) is 0 Å². The van der Waals surface area contributed by atoms with E-state index in [-0.39, 0.29) is 0 Å². The Hall–Kier alpha value is -1.80. The monoisotopic (exact) mass is 258 g/mol. The van der Waals surface area contributed by atoms with Gasteiger partial charge < -0.3 is 5.73 Å². The molecule has 0 fully saturated rings. The molecule has 0 saturated heterocycles. The Morgan fingerprint density at radius 3 is 2.33 bits per heavy atom. The highest BCUT2D eigenvalue weighted by atomic mass is 35.5. The lowest BCUT2D eigenvalue weighted by atomic mass is 10.1. The van der Waals surface area contributed by atoms with Gasteiger partial charge in [-0.2, -0.15) is 0 Å². The minimum Gasteiger partial charge on any atom is -0.384 e. The molecule has 0 saturated carbocycles. The van der Waals surface area contributed by atoms with Gasteiger partial charge in [0.2, 0.25) is 0 Å². The highest BCUT2D eigenvalue weighted by molar-refractivity contribution is 6.30. The zero-order chi connectivity index (χ0) is 12.8. The highest BCUT2D eigenvalue weighted by Gasteiger charge is 1.96. The van der Waals surface area contributed by atoms with Crippen LogP contribution < -0.4 is 5.73 Å². The summed E-state index contributed by atoms with van der Waals surface area (Å²) in [7, 11) is 0. The molecule has 3 heteroatoms. The third-order valence-corrected chi connectivity index (χ3v) is 2.92. The van der Waals surface area contributed by atoms with E-state index in [9.17, 15) is 0 Å². The Balaban J connectivity index is 1.93. The van der Waals surface area contributed by atoms with Crippen LogP contribution in [-0.4, -0.2) is 12.4 Å². The van der Waals surface area contributed by atoms with E-state index in [1.807, 2.05) is 54.6 Å². The fourth-order valence-electron chi connectivity index (χ4n) is 1.66. The number of rotatable bonds is 4. The van der Waals surface area contributed by atoms with E-state index in [2.05, 4.69) is 4.99 Å². The Bertz CT molecular complexity index is 518. The molecule has 0 heterocycles. The average Bonchev–Trinajstić information content (AvgIpc) is 2.42. The summed E-state index contributed by atoms with van der Waals surface area (Å²) >= 11 is 5.83. The van der Waals surface area contributed by atoms with Crippen LogP contribution in [0.3, 0.4) is 0 Å². The first-order valence-corrected chi connectivity index (χ1v) is 6.23. The molecule has 0 spiro atoms. The van der Waals surface area contributed by atoms with E-state index in [0.29, 0.717) is 12.4 Å². The topological polar surface area (TPSA) is 38.4 Å². The van der Waals surface area contributed by atoms with E-state index in [1.54, 1.807) is 0 Å². The van der Waals surface area contributed by atoms with E-state index in [4.69, 9.17) is 17.3 Å². The van der Waals surface area contributed by atoms with E-state index in [1.165, 1.54) is 5.56 Å². The molecule has 2 aromatic rings. The first-order chi connectivity index (χ1) is 8.75. The second kappa shape index (κ2) is 6.22.